The van der Waals surface area contributed by atoms with E-state index in [0.717, 1.165) is 24.8 Å². The molecule has 1 aromatic carbocycles. The van der Waals surface area contributed by atoms with Gasteiger partial charge in [-0.2, -0.15) is 0 Å². The minimum Gasteiger partial charge on any atom is -0.278 e. The van der Waals surface area contributed by atoms with Crippen LogP contribution in [0.2, 0.25) is 0 Å². The lowest BCUT2D eigenvalue weighted by Crippen LogP contribution is -2.31. The maximum absolute atomic E-state index is 12.1. The number of rotatable bonds is 2. The van der Waals surface area contributed by atoms with Crippen LogP contribution in [0.5, 0.6) is 0 Å². The van der Waals surface area contributed by atoms with E-state index >= 15 is 0 Å². The van der Waals surface area contributed by atoms with Gasteiger partial charge in [-0.05, 0) is 18.4 Å². The minimum atomic E-state index is -0.0220. The summed E-state index contributed by atoms with van der Waals surface area (Å²) in [5, 5.41) is 0. The van der Waals surface area contributed by atoms with Gasteiger partial charge in [0, 0.05) is 0 Å². The zero-order chi connectivity index (χ0) is 11.8. The maximum atomic E-state index is 12.1. The molecule has 0 aromatic heterocycles. The fourth-order valence-electron chi connectivity index (χ4n) is 2.98. The van der Waals surface area contributed by atoms with Gasteiger partial charge in [0.05, 0.1) is 18.4 Å². The Morgan fingerprint density at radius 2 is 1.59 bits per heavy atom. The first-order valence-electron chi connectivity index (χ1n) is 6.16. The summed E-state index contributed by atoms with van der Waals surface area (Å²) in [5.41, 5.74) is 1.02. The molecule has 2 fully saturated rings. The van der Waals surface area contributed by atoms with Gasteiger partial charge in [-0.15, -0.1) is 0 Å². The number of amides is 2. The first kappa shape index (κ1) is 10.5. The molecule has 2 aliphatic rings. The largest absolute Gasteiger partial charge is 0.278 e. The van der Waals surface area contributed by atoms with Crippen molar-refractivity contribution in [2.45, 2.75) is 25.8 Å². The van der Waals surface area contributed by atoms with E-state index < -0.39 is 0 Å². The minimum absolute atomic E-state index is 0.0220. The van der Waals surface area contributed by atoms with Crippen LogP contribution in [0.3, 0.4) is 0 Å². The van der Waals surface area contributed by atoms with Gasteiger partial charge in [-0.3, -0.25) is 14.5 Å². The van der Waals surface area contributed by atoms with Crippen LogP contribution in [0.1, 0.15) is 24.8 Å². The van der Waals surface area contributed by atoms with Crippen LogP contribution in [-0.2, 0) is 16.1 Å². The number of likely N-dealkylation sites (tertiary alicyclic amines) is 1. The topological polar surface area (TPSA) is 37.4 Å². The third kappa shape index (κ3) is 1.66. The van der Waals surface area contributed by atoms with Crippen LogP contribution in [-0.4, -0.2) is 16.7 Å². The normalized spacial score (nSPS) is 27.6. The van der Waals surface area contributed by atoms with Gasteiger partial charge in [0.15, 0.2) is 0 Å². The second-order valence-electron chi connectivity index (χ2n) is 4.89. The molecule has 0 radical (unpaired) electrons. The van der Waals surface area contributed by atoms with Crippen molar-refractivity contribution in [2.24, 2.45) is 11.8 Å². The molecule has 2 unspecified atom stereocenters. The highest BCUT2D eigenvalue weighted by Gasteiger charge is 2.49. The fraction of sp³-hybridized carbons (Fsp3) is 0.429. The van der Waals surface area contributed by atoms with E-state index in [1.807, 2.05) is 30.3 Å². The zero-order valence-electron chi connectivity index (χ0n) is 9.63. The van der Waals surface area contributed by atoms with E-state index in [2.05, 4.69) is 0 Å². The van der Waals surface area contributed by atoms with E-state index in [1.54, 1.807) is 0 Å². The summed E-state index contributed by atoms with van der Waals surface area (Å²) < 4.78 is 0. The predicted molar refractivity (Wildman–Crippen MR) is 62.8 cm³/mol. The van der Waals surface area contributed by atoms with E-state index in [4.69, 9.17) is 0 Å². The first-order chi connectivity index (χ1) is 8.27. The fourth-order valence-corrected chi connectivity index (χ4v) is 2.98. The van der Waals surface area contributed by atoms with Gasteiger partial charge in [0.25, 0.3) is 0 Å². The van der Waals surface area contributed by atoms with E-state index in [-0.39, 0.29) is 23.7 Å². The van der Waals surface area contributed by atoms with Gasteiger partial charge >= 0.3 is 0 Å². The number of hydrogen-bond donors (Lipinski definition) is 0. The molecule has 1 aliphatic carbocycles. The molecule has 3 nitrogen and oxygen atoms in total. The second kappa shape index (κ2) is 3.99. The molecule has 1 saturated heterocycles. The van der Waals surface area contributed by atoms with Crippen molar-refractivity contribution >= 4 is 11.8 Å². The van der Waals surface area contributed by atoms with Crippen molar-refractivity contribution in [2.75, 3.05) is 0 Å². The molecule has 0 spiro atoms. The van der Waals surface area contributed by atoms with Crippen LogP contribution >= 0.6 is 0 Å². The SMILES string of the molecule is O=C1C2CCCC2C(=O)N1Cc1ccccc1. The Hall–Kier alpha value is -1.64. The van der Waals surface area contributed by atoms with Crippen LogP contribution < -0.4 is 0 Å². The highest BCUT2D eigenvalue weighted by molar-refractivity contribution is 6.05. The average Bonchev–Trinajstić information content (AvgIpc) is 2.91. The van der Waals surface area contributed by atoms with Crippen molar-refractivity contribution in [3.63, 3.8) is 0 Å². The lowest BCUT2D eigenvalue weighted by atomic mass is 10.00. The zero-order valence-corrected chi connectivity index (χ0v) is 9.63. The van der Waals surface area contributed by atoms with Crippen molar-refractivity contribution in [1.29, 1.82) is 0 Å². The quantitative estimate of drug-likeness (QED) is 0.727. The summed E-state index contributed by atoms with van der Waals surface area (Å²) in [7, 11) is 0. The Morgan fingerprint density at radius 3 is 2.18 bits per heavy atom. The predicted octanol–water partition coefficient (Wildman–Crippen LogP) is 1.97. The molecular weight excluding hydrogens is 214 g/mol. The first-order valence-corrected chi connectivity index (χ1v) is 6.16. The van der Waals surface area contributed by atoms with Crippen molar-refractivity contribution in [3.8, 4) is 0 Å². The van der Waals surface area contributed by atoms with Crippen molar-refractivity contribution in [1.82, 2.24) is 4.90 Å². The Kier molecular flexibility index (Phi) is 2.46. The van der Waals surface area contributed by atoms with Crippen LogP contribution in [0.4, 0.5) is 0 Å². The van der Waals surface area contributed by atoms with E-state index in [0.29, 0.717) is 6.54 Å². The molecule has 2 amide bonds. The van der Waals surface area contributed by atoms with Crippen molar-refractivity contribution < 1.29 is 9.59 Å². The number of hydrogen-bond acceptors (Lipinski definition) is 2. The Labute approximate surface area is 100 Å². The Morgan fingerprint density at radius 1 is 1.00 bits per heavy atom. The third-order valence-corrected chi connectivity index (χ3v) is 3.87. The molecule has 1 heterocycles. The lowest BCUT2D eigenvalue weighted by molar-refractivity contribution is -0.141. The summed E-state index contributed by atoms with van der Waals surface area (Å²) in [6.07, 6.45) is 2.80. The molecule has 1 saturated carbocycles. The molecule has 0 N–H and O–H groups in total. The molecule has 3 heteroatoms. The van der Waals surface area contributed by atoms with Gasteiger partial charge in [-0.1, -0.05) is 36.8 Å². The maximum Gasteiger partial charge on any atom is 0.233 e. The van der Waals surface area contributed by atoms with Crippen molar-refractivity contribution in [3.05, 3.63) is 35.9 Å². The molecule has 2 atom stereocenters. The number of benzene rings is 1. The third-order valence-electron chi connectivity index (χ3n) is 3.87. The van der Waals surface area contributed by atoms with E-state index in [9.17, 15) is 9.59 Å². The van der Waals surface area contributed by atoms with Gasteiger partial charge < -0.3 is 0 Å². The second-order valence-corrected chi connectivity index (χ2v) is 4.89. The summed E-state index contributed by atoms with van der Waals surface area (Å²) in [5.74, 6) is 0.0418. The molecule has 1 aliphatic heterocycles. The van der Waals surface area contributed by atoms with Crippen LogP contribution in [0.25, 0.3) is 0 Å². The van der Waals surface area contributed by atoms with E-state index in [1.165, 1.54) is 4.90 Å². The summed E-state index contributed by atoms with van der Waals surface area (Å²) in [6, 6.07) is 9.71. The number of carbonyl (C=O) groups is 2. The summed E-state index contributed by atoms with van der Waals surface area (Å²) in [6.45, 7) is 0.436. The Bertz CT molecular complexity index is 433. The summed E-state index contributed by atoms with van der Waals surface area (Å²) >= 11 is 0. The lowest BCUT2D eigenvalue weighted by Gasteiger charge is -2.15. The number of carbonyl (C=O) groups excluding carboxylic acids is 2. The molecule has 88 valence electrons. The van der Waals surface area contributed by atoms with Gasteiger partial charge in [0.2, 0.25) is 11.8 Å². The highest BCUT2D eigenvalue weighted by atomic mass is 16.2. The smallest absolute Gasteiger partial charge is 0.233 e. The molecule has 17 heavy (non-hydrogen) atoms. The standard InChI is InChI=1S/C14H15NO2/c16-13-11-7-4-8-12(11)14(17)15(13)9-10-5-2-1-3-6-10/h1-3,5-6,11-12H,4,7-9H2. The monoisotopic (exact) mass is 229 g/mol. The van der Waals surface area contributed by atoms with Gasteiger partial charge in [-0.25, -0.2) is 0 Å². The molecule has 1 aromatic rings. The average molecular weight is 229 g/mol. The number of imide groups is 1. The van der Waals surface area contributed by atoms with Crippen LogP contribution in [0, 0.1) is 11.8 Å². The summed E-state index contributed by atoms with van der Waals surface area (Å²) in [4.78, 5) is 25.7. The Balaban J connectivity index is 1.81. The molecule has 0 bridgehead atoms. The molecular formula is C14H15NO2. The number of nitrogens with zero attached hydrogens (tertiary/aromatic N) is 1. The van der Waals surface area contributed by atoms with Crippen LogP contribution in [0.15, 0.2) is 30.3 Å². The molecule has 3 rings (SSSR count). The number of fused-ring (bicyclic) bond motifs is 1. The highest BCUT2D eigenvalue weighted by Crippen LogP contribution is 2.40. The van der Waals surface area contributed by atoms with Gasteiger partial charge in [0.1, 0.15) is 0 Å².